The van der Waals surface area contributed by atoms with Crippen LogP contribution >= 0.6 is 23.2 Å². The zero-order valence-electron chi connectivity index (χ0n) is 12.6. The summed E-state index contributed by atoms with van der Waals surface area (Å²) in [5.41, 5.74) is 5.31. The molecule has 1 aliphatic rings. The largest absolute Gasteiger partial charge is 0.369 e. The minimum atomic E-state index is 0.626. The maximum absolute atomic E-state index is 6.39. The van der Waals surface area contributed by atoms with Gasteiger partial charge in [-0.3, -0.25) is 0 Å². The number of halogens is 2. The molecule has 0 unspecified atom stereocenters. The Labute approximate surface area is 144 Å². The summed E-state index contributed by atoms with van der Waals surface area (Å²) in [6.07, 6.45) is 0.940. The Morgan fingerprint density at radius 2 is 1.87 bits per heavy atom. The van der Waals surface area contributed by atoms with Gasteiger partial charge in [-0.05, 0) is 43.7 Å². The van der Waals surface area contributed by atoms with E-state index >= 15 is 0 Å². The van der Waals surface area contributed by atoms with Crippen molar-refractivity contribution in [2.24, 2.45) is 0 Å². The molecule has 23 heavy (non-hydrogen) atoms. The molecule has 0 spiro atoms. The Kier molecular flexibility index (Phi) is 3.55. The van der Waals surface area contributed by atoms with E-state index < -0.39 is 0 Å². The molecule has 1 N–H and O–H groups in total. The van der Waals surface area contributed by atoms with Gasteiger partial charge < -0.3 is 5.32 Å². The van der Waals surface area contributed by atoms with Crippen LogP contribution in [0.15, 0.2) is 42.5 Å². The van der Waals surface area contributed by atoms with Crippen LogP contribution in [0.2, 0.25) is 10.0 Å². The van der Waals surface area contributed by atoms with Crippen molar-refractivity contribution < 1.29 is 0 Å². The fourth-order valence-corrected chi connectivity index (χ4v) is 3.44. The predicted octanol–water partition coefficient (Wildman–Crippen LogP) is 5.12. The second kappa shape index (κ2) is 5.59. The molecular formula is C18H15Cl2N3. The van der Waals surface area contributed by atoms with Gasteiger partial charge in [0, 0.05) is 22.7 Å². The summed E-state index contributed by atoms with van der Waals surface area (Å²) < 4.78 is 1.96. The molecule has 2 aromatic carbocycles. The summed E-state index contributed by atoms with van der Waals surface area (Å²) in [6.45, 7) is 2.99. The number of aryl methyl sites for hydroxylation is 1. The van der Waals surface area contributed by atoms with Gasteiger partial charge in [0.25, 0.3) is 0 Å². The maximum atomic E-state index is 6.39. The van der Waals surface area contributed by atoms with Gasteiger partial charge in [-0.1, -0.05) is 40.9 Å². The fraction of sp³-hybridized carbons (Fsp3) is 0.167. The SMILES string of the molecule is Cc1ccc(-n2nc(-c3ccc(Cl)cc3Cl)c3c2NCC3)cc1. The quantitative estimate of drug-likeness (QED) is 0.699. The monoisotopic (exact) mass is 343 g/mol. The number of hydrogen-bond donors (Lipinski definition) is 1. The fourth-order valence-electron chi connectivity index (χ4n) is 2.95. The van der Waals surface area contributed by atoms with Gasteiger partial charge >= 0.3 is 0 Å². The highest BCUT2D eigenvalue weighted by Crippen LogP contribution is 2.38. The van der Waals surface area contributed by atoms with Crippen LogP contribution in [0.3, 0.4) is 0 Å². The average molecular weight is 344 g/mol. The molecule has 3 nitrogen and oxygen atoms in total. The van der Waals surface area contributed by atoms with E-state index in [-0.39, 0.29) is 0 Å². The minimum Gasteiger partial charge on any atom is -0.369 e. The first-order valence-electron chi connectivity index (χ1n) is 7.52. The smallest absolute Gasteiger partial charge is 0.133 e. The lowest BCUT2D eigenvalue weighted by Crippen LogP contribution is -2.04. The van der Waals surface area contributed by atoms with Crippen molar-refractivity contribution in [1.29, 1.82) is 0 Å². The third kappa shape index (κ3) is 2.50. The number of nitrogens with one attached hydrogen (secondary N) is 1. The van der Waals surface area contributed by atoms with Gasteiger partial charge in [-0.2, -0.15) is 5.10 Å². The number of aromatic nitrogens is 2. The van der Waals surface area contributed by atoms with Crippen molar-refractivity contribution in [3.05, 3.63) is 63.6 Å². The molecule has 0 bridgehead atoms. The van der Waals surface area contributed by atoms with E-state index in [4.69, 9.17) is 28.3 Å². The number of fused-ring (bicyclic) bond motifs is 1. The summed E-state index contributed by atoms with van der Waals surface area (Å²) >= 11 is 12.4. The number of nitrogens with zero attached hydrogens (tertiary/aromatic N) is 2. The van der Waals surface area contributed by atoms with E-state index in [1.165, 1.54) is 11.1 Å². The predicted molar refractivity (Wildman–Crippen MR) is 96.0 cm³/mol. The van der Waals surface area contributed by atoms with E-state index in [9.17, 15) is 0 Å². The molecule has 116 valence electrons. The third-order valence-electron chi connectivity index (χ3n) is 4.12. The topological polar surface area (TPSA) is 29.9 Å². The molecule has 0 saturated heterocycles. The van der Waals surface area contributed by atoms with Gasteiger partial charge in [0.15, 0.2) is 0 Å². The van der Waals surface area contributed by atoms with Crippen molar-refractivity contribution >= 4 is 29.0 Å². The number of anilines is 1. The van der Waals surface area contributed by atoms with Crippen LogP contribution in [0.4, 0.5) is 5.82 Å². The lowest BCUT2D eigenvalue weighted by atomic mass is 10.1. The van der Waals surface area contributed by atoms with Gasteiger partial charge in [-0.15, -0.1) is 0 Å². The molecule has 0 radical (unpaired) electrons. The second-order valence-corrected chi connectivity index (χ2v) is 6.57. The Bertz CT molecular complexity index is 882. The minimum absolute atomic E-state index is 0.626. The van der Waals surface area contributed by atoms with E-state index in [2.05, 4.69) is 36.5 Å². The summed E-state index contributed by atoms with van der Waals surface area (Å²) in [7, 11) is 0. The van der Waals surface area contributed by atoms with Crippen molar-refractivity contribution in [1.82, 2.24) is 9.78 Å². The molecule has 0 atom stereocenters. The van der Waals surface area contributed by atoms with Gasteiger partial charge in [0.1, 0.15) is 5.82 Å². The molecule has 3 aromatic rings. The van der Waals surface area contributed by atoms with Crippen molar-refractivity contribution in [2.45, 2.75) is 13.3 Å². The summed E-state index contributed by atoms with van der Waals surface area (Å²) in [5.74, 6) is 1.05. The molecule has 0 aliphatic carbocycles. The first kappa shape index (κ1) is 14.6. The van der Waals surface area contributed by atoms with E-state index in [0.29, 0.717) is 10.0 Å². The molecular weight excluding hydrogens is 329 g/mol. The van der Waals surface area contributed by atoms with Gasteiger partial charge in [-0.25, -0.2) is 4.68 Å². The van der Waals surface area contributed by atoms with Crippen LogP contribution in [0.1, 0.15) is 11.1 Å². The third-order valence-corrected chi connectivity index (χ3v) is 4.66. The molecule has 2 heterocycles. The maximum Gasteiger partial charge on any atom is 0.133 e. The highest BCUT2D eigenvalue weighted by molar-refractivity contribution is 6.36. The molecule has 0 amide bonds. The van der Waals surface area contributed by atoms with Crippen LogP contribution in [0.25, 0.3) is 16.9 Å². The number of hydrogen-bond acceptors (Lipinski definition) is 2. The Morgan fingerprint density at radius 1 is 1.09 bits per heavy atom. The van der Waals surface area contributed by atoms with E-state index in [1.807, 2.05) is 16.8 Å². The number of rotatable bonds is 2. The first-order chi connectivity index (χ1) is 11.1. The van der Waals surface area contributed by atoms with Crippen molar-refractivity contribution in [2.75, 3.05) is 11.9 Å². The summed E-state index contributed by atoms with van der Waals surface area (Å²) in [4.78, 5) is 0. The van der Waals surface area contributed by atoms with Crippen molar-refractivity contribution in [3.63, 3.8) is 0 Å². The highest BCUT2D eigenvalue weighted by atomic mass is 35.5. The first-order valence-corrected chi connectivity index (χ1v) is 8.27. The van der Waals surface area contributed by atoms with Crippen molar-refractivity contribution in [3.8, 4) is 16.9 Å². The number of benzene rings is 2. The van der Waals surface area contributed by atoms with Crippen LogP contribution in [-0.2, 0) is 6.42 Å². The Balaban J connectivity index is 1.89. The van der Waals surface area contributed by atoms with Gasteiger partial charge in [0.2, 0.25) is 0 Å². The van der Waals surface area contributed by atoms with Crippen LogP contribution in [0, 0.1) is 6.92 Å². The lowest BCUT2D eigenvalue weighted by Gasteiger charge is -2.07. The highest BCUT2D eigenvalue weighted by Gasteiger charge is 2.25. The molecule has 0 fully saturated rings. The molecule has 5 heteroatoms. The normalized spacial score (nSPS) is 13.0. The zero-order chi connectivity index (χ0) is 16.0. The van der Waals surface area contributed by atoms with E-state index in [1.54, 1.807) is 6.07 Å². The van der Waals surface area contributed by atoms with Gasteiger partial charge in [0.05, 0.1) is 16.4 Å². The standard InChI is InChI=1S/C18H15Cl2N3/c1-11-2-5-13(6-3-11)23-18-15(8-9-21-18)17(22-23)14-7-4-12(19)10-16(14)20/h2-7,10,21H,8-9H2,1H3. The lowest BCUT2D eigenvalue weighted by molar-refractivity contribution is 0.882. The molecule has 4 rings (SSSR count). The summed E-state index contributed by atoms with van der Waals surface area (Å²) in [5, 5.41) is 9.51. The average Bonchev–Trinajstić information content (AvgIpc) is 3.11. The second-order valence-electron chi connectivity index (χ2n) is 5.72. The van der Waals surface area contributed by atoms with E-state index in [0.717, 1.165) is 35.7 Å². The molecule has 1 aromatic heterocycles. The molecule has 0 saturated carbocycles. The van der Waals surface area contributed by atoms with Crippen LogP contribution < -0.4 is 5.32 Å². The molecule has 1 aliphatic heterocycles. The zero-order valence-corrected chi connectivity index (χ0v) is 14.1. The Hall–Kier alpha value is -1.97. The van der Waals surface area contributed by atoms with Crippen LogP contribution in [0.5, 0.6) is 0 Å². The summed E-state index contributed by atoms with van der Waals surface area (Å²) in [6, 6.07) is 13.9. The van der Waals surface area contributed by atoms with Crippen LogP contribution in [-0.4, -0.2) is 16.3 Å². The Morgan fingerprint density at radius 3 is 2.61 bits per heavy atom.